The highest BCUT2D eigenvalue weighted by Gasteiger charge is 2.01. The van der Waals surface area contributed by atoms with Crippen LogP contribution in [0, 0.1) is 0 Å². The molecule has 0 saturated heterocycles. The third kappa shape index (κ3) is 6.11. The zero-order valence-electron chi connectivity index (χ0n) is 13.1. The fraction of sp³-hybridized carbons (Fsp3) is 0.312. The van der Waals surface area contributed by atoms with Gasteiger partial charge in [0.25, 0.3) is 0 Å². The van der Waals surface area contributed by atoms with Gasteiger partial charge < -0.3 is 20.1 Å². The van der Waals surface area contributed by atoms with Crippen LogP contribution in [0.15, 0.2) is 45.2 Å². The van der Waals surface area contributed by atoms with Gasteiger partial charge in [-0.25, -0.2) is 0 Å². The minimum absolute atomic E-state index is 0.553. The molecule has 0 bridgehead atoms. The number of aliphatic imine (C=N–C) groups is 1. The van der Waals surface area contributed by atoms with Crippen molar-refractivity contribution in [3.63, 3.8) is 0 Å². The molecule has 0 aliphatic heterocycles. The molecule has 0 unspecified atom stereocenters. The molecule has 1 aromatic carbocycles. The van der Waals surface area contributed by atoms with E-state index in [0.717, 1.165) is 28.5 Å². The molecule has 5 nitrogen and oxygen atoms in total. The lowest BCUT2D eigenvalue weighted by Gasteiger charge is -2.12. The van der Waals surface area contributed by atoms with Gasteiger partial charge in [0.15, 0.2) is 5.96 Å². The van der Waals surface area contributed by atoms with E-state index in [0.29, 0.717) is 13.2 Å². The number of ether oxygens (including phenoxy) is 2. The molecule has 0 radical (unpaired) electrons. The summed E-state index contributed by atoms with van der Waals surface area (Å²) in [5.74, 6) is 2.40. The van der Waals surface area contributed by atoms with Crippen molar-refractivity contribution in [2.24, 2.45) is 4.99 Å². The normalized spacial score (nSPS) is 11.2. The number of nitrogens with zero attached hydrogens (tertiary/aromatic N) is 1. The van der Waals surface area contributed by atoms with Crippen LogP contribution in [0.5, 0.6) is 11.5 Å². The maximum atomic E-state index is 5.66. The van der Waals surface area contributed by atoms with Crippen molar-refractivity contribution in [3.8, 4) is 11.5 Å². The number of methoxy groups -OCH3 is 1. The molecule has 0 aliphatic rings. The maximum absolute atomic E-state index is 5.66. The summed E-state index contributed by atoms with van der Waals surface area (Å²) in [6.45, 7) is 1.96. The Hall–Kier alpha value is -1.73. The number of thiophene rings is 1. The Kier molecular flexibility index (Phi) is 7.22. The molecule has 0 amide bonds. The second-order valence-electron chi connectivity index (χ2n) is 4.61. The van der Waals surface area contributed by atoms with E-state index in [-0.39, 0.29) is 0 Å². The van der Waals surface area contributed by atoms with E-state index in [1.54, 1.807) is 25.5 Å². The van der Waals surface area contributed by atoms with Gasteiger partial charge >= 0.3 is 0 Å². The van der Waals surface area contributed by atoms with Crippen molar-refractivity contribution >= 4 is 33.2 Å². The first-order valence-corrected chi connectivity index (χ1v) is 8.83. The van der Waals surface area contributed by atoms with E-state index >= 15 is 0 Å². The molecule has 0 saturated carbocycles. The van der Waals surface area contributed by atoms with Crippen molar-refractivity contribution in [2.45, 2.75) is 6.54 Å². The van der Waals surface area contributed by atoms with Gasteiger partial charge in [-0.3, -0.25) is 4.99 Å². The summed E-state index contributed by atoms with van der Waals surface area (Å²) in [6.07, 6.45) is 0. The molecule has 1 heterocycles. The molecule has 0 fully saturated rings. The van der Waals surface area contributed by atoms with E-state index in [4.69, 9.17) is 9.47 Å². The predicted molar refractivity (Wildman–Crippen MR) is 98.7 cm³/mol. The molecule has 2 N–H and O–H groups in total. The molecular weight excluding hydrogens is 378 g/mol. The van der Waals surface area contributed by atoms with E-state index in [9.17, 15) is 0 Å². The number of hydrogen-bond acceptors (Lipinski definition) is 4. The van der Waals surface area contributed by atoms with Crippen LogP contribution in [0.2, 0.25) is 0 Å². The molecular formula is C16H20BrN3O2S. The number of halogens is 1. The van der Waals surface area contributed by atoms with Crippen LogP contribution < -0.4 is 20.1 Å². The molecule has 7 heteroatoms. The molecule has 1 aromatic heterocycles. The lowest BCUT2D eigenvalue weighted by Crippen LogP contribution is -2.38. The van der Waals surface area contributed by atoms with Crippen LogP contribution in [0.25, 0.3) is 0 Å². The van der Waals surface area contributed by atoms with Gasteiger partial charge in [-0.05, 0) is 46.3 Å². The largest absolute Gasteiger partial charge is 0.497 e. The third-order valence-electron chi connectivity index (χ3n) is 3.00. The average Bonchev–Trinajstić information content (AvgIpc) is 3.00. The van der Waals surface area contributed by atoms with Crippen LogP contribution in [0.4, 0.5) is 0 Å². The molecule has 0 aliphatic carbocycles. The topological polar surface area (TPSA) is 54.9 Å². The SMILES string of the molecule is CN=C(NCCOc1ccc(OC)cc1)NCc1cc(Br)cs1. The summed E-state index contributed by atoms with van der Waals surface area (Å²) in [6, 6.07) is 9.63. The first-order chi connectivity index (χ1) is 11.2. The van der Waals surface area contributed by atoms with Crippen molar-refractivity contribution in [1.82, 2.24) is 10.6 Å². The second-order valence-corrected chi connectivity index (χ2v) is 6.52. The Labute approximate surface area is 148 Å². The smallest absolute Gasteiger partial charge is 0.191 e. The highest BCUT2D eigenvalue weighted by molar-refractivity contribution is 9.10. The summed E-state index contributed by atoms with van der Waals surface area (Å²) >= 11 is 5.15. The van der Waals surface area contributed by atoms with E-state index in [1.165, 1.54) is 4.88 Å². The van der Waals surface area contributed by atoms with Crippen LogP contribution >= 0.6 is 27.3 Å². The van der Waals surface area contributed by atoms with Gasteiger partial charge in [-0.2, -0.15) is 0 Å². The number of benzene rings is 1. The van der Waals surface area contributed by atoms with Gasteiger partial charge in [-0.15, -0.1) is 11.3 Å². The minimum atomic E-state index is 0.553. The molecule has 124 valence electrons. The maximum Gasteiger partial charge on any atom is 0.191 e. The summed E-state index contributed by atoms with van der Waals surface area (Å²) in [5.41, 5.74) is 0. The van der Waals surface area contributed by atoms with Gasteiger partial charge in [0.1, 0.15) is 18.1 Å². The van der Waals surface area contributed by atoms with Crippen molar-refractivity contribution in [1.29, 1.82) is 0 Å². The fourth-order valence-corrected chi connectivity index (χ4v) is 3.24. The summed E-state index contributed by atoms with van der Waals surface area (Å²) in [7, 11) is 3.40. The zero-order chi connectivity index (χ0) is 16.5. The summed E-state index contributed by atoms with van der Waals surface area (Å²) < 4.78 is 11.9. The molecule has 0 atom stereocenters. The monoisotopic (exact) mass is 397 g/mol. The molecule has 0 spiro atoms. The second kappa shape index (κ2) is 9.42. The third-order valence-corrected chi connectivity index (χ3v) is 4.70. The van der Waals surface area contributed by atoms with Gasteiger partial charge in [0, 0.05) is 21.8 Å². The summed E-state index contributed by atoms with van der Waals surface area (Å²) in [5, 5.41) is 8.56. The lowest BCUT2D eigenvalue weighted by molar-refractivity contribution is 0.321. The highest BCUT2D eigenvalue weighted by Crippen LogP contribution is 2.19. The standard InChI is InChI=1S/C16H20BrN3O2S/c1-18-16(20-10-15-9-12(17)11-23-15)19-7-8-22-14-5-3-13(21-2)4-6-14/h3-6,9,11H,7-8,10H2,1-2H3,(H2,18,19,20). The van der Waals surface area contributed by atoms with Crippen LogP contribution in [0.3, 0.4) is 0 Å². The van der Waals surface area contributed by atoms with E-state index in [1.807, 2.05) is 24.3 Å². The predicted octanol–water partition coefficient (Wildman–Crippen LogP) is 3.26. The van der Waals surface area contributed by atoms with E-state index < -0.39 is 0 Å². The molecule has 2 aromatic rings. The Balaban J connectivity index is 1.67. The first kappa shape index (κ1) is 17.6. The van der Waals surface area contributed by atoms with Gasteiger partial charge in [0.05, 0.1) is 20.2 Å². The van der Waals surface area contributed by atoms with E-state index in [2.05, 4.69) is 43.0 Å². The minimum Gasteiger partial charge on any atom is -0.497 e. The number of nitrogens with one attached hydrogen (secondary N) is 2. The van der Waals surface area contributed by atoms with Crippen LogP contribution in [0.1, 0.15) is 4.88 Å². The van der Waals surface area contributed by atoms with Gasteiger partial charge in [0.2, 0.25) is 0 Å². The van der Waals surface area contributed by atoms with Crippen molar-refractivity contribution < 1.29 is 9.47 Å². The highest BCUT2D eigenvalue weighted by atomic mass is 79.9. The zero-order valence-corrected chi connectivity index (χ0v) is 15.5. The fourth-order valence-electron chi connectivity index (χ4n) is 1.85. The Morgan fingerprint density at radius 3 is 2.57 bits per heavy atom. The quantitative estimate of drug-likeness (QED) is 0.427. The molecule has 23 heavy (non-hydrogen) atoms. The Morgan fingerprint density at radius 1 is 1.22 bits per heavy atom. The number of guanidine groups is 1. The van der Waals surface area contributed by atoms with Crippen LogP contribution in [-0.4, -0.2) is 33.3 Å². The number of hydrogen-bond donors (Lipinski definition) is 2. The Bertz CT molecular complexity index is 629. The average molecular weight is 398 g/mol. The summed E-state index contributed by atoms with van der Waals surface area (Å²) in [4.78, 5) is 5.44. The van der Waals surface area contributed by atoms with Crippen molar-refractivity contribution in [3.05, 3.63) is 45.1 Å². The van der Waals surface area contributed by atoms with Crippen molar-refractivity contribution in [2.75, 3.05) is 27.3 Å². The first-order valence-electron chi connectivity index (χ1n) is 7.15. The number of rotatable bonds is 7. The molecule has 2 rings (SSSR count). The lowest BCUT2D eigenvalue weighted by atomic mass is 10.3. The Morgan fingerprint density at radius 2 is 1.96 bits per heavy atom. The van der Waals surface area contributed by atoms with Crippen LogP contribution in [-0.2, 0) is 6.54 Å². The van der Waals surface area contributed by atoms with Gasteiger partial charge in [-0.1, -0.05) is 0 Å².